The first-order chi connectivity index (χ1) is 12.0. The fourth-order valence-electron chi connectivity index (χ4n) is 3.56. The Morgan fingerprint density at radius 1 is 1.20 bits per heavy atom. The normalized spacial score (nSPS) is 18.9. The maximum atomic E-state index is 11.7. The van der Waals surface area contributed by atoms with Gasteiger partial charge in [-0.15, -0.1) is 0 Å². The smallest absolute Gasteiger partial charge is 0.320 e. The zero-order valence-corrected chi connectivity index (χ0v) is 15.3. The molecule has 1 aliphatic rings. The van der Waals surface area contributed by atoms with E-state index < -0.39 is 12.0 Å². The molecule has 0 aliphatic carbocycles. The molecule has 1 N–H and O–H groups in total. The number of carboxylic acid groups (broad SMARTS) is 1. The summed E-state index contributed by atoms with van der Waals surface area (Å²) in [4.78, 5) is 15.8. The van der Waals surface area contributed by atoms with Crippen molar-refractivity contribution in [1.29, 1.82) is 0 Å². The summed E-state index contributed by atoms with van der Waals surface area (Å²) in [6.07, 6.45) is 1.56. The van der Waals surface area contributed by atoms with E-state index in [0.717, 1.165) is 29.8 Å². The van der Waals surface area contributed by atoms with Crippen molar-refractivity contribution in [2.75, 3.05) is 25.5 Å². The van der Waals surface area contributed by atoms with Crippen LogP contribution >= 0.6 is 11.6 Å². The third-order valence-electron chi connectivity index (χ3n) is 4.84. The van der Waals surface area contributed by atoms with Crippen molar-refractivity contribution < 1.29 is 9.90 Å². The zero-order chi connectivity index (χ0) is 18.0. The number of aliphatic carboxylic acids is 1. The van der Waals surface area contributed by atoms with Crippen molar-refractivity contribution >= 4 is 23.3 Å². The second kappa shape index (κ2) is 7.46. The van der Waals surface area contributed by atoms with E-state index in [2.05, 4.69) is 29.2 Å². The van der Waals surface area contributed by atoms with Gasteiger partial charge in [-0.05, 0) is 42.2 Å². The average molecular weight is 359 g/mol. The maximum absolute atomic E-state index is 11.7. The minimum atomic E-state index is -0.764. The van der Waals surface area contributed by atoms with Crippen LogP contribution < -0.4 is 4.90 Å². The third kappa shape index (κ3) is 3.65. The van der Waals surface area contributed by atoms with Gasteiger partial charge in [0.15, 0.2) is 0 Å². The van der Waals surface area contributed by atoms with Crippen LogP contribution in [0, 0.1) is 0 Å². The van der Waals surface area contributed by atoms with Crippen LogP contribution in [0.1, 0.15) is 30.0 Å². The molecule has 0 bridgehead atoms. The van der Waals surface area contributed by atoms with Gasteiger partial charge < -0.3 is 10.0 Å². The number of rotatable bonds is 5. The number of carbonyl (C=O) groups is 1. The SMILES string of the molecule is CN(C)c1ccc(C(c2ccccc2Cl)N2CCCC2C(=O)O)cc1. The molecule has 2 aromatic carbocycles. The predicted molar refractivity (Wildman–Crippen MR) is 101 cm³/mol. The minimum absolute atomic E-state index is 0.159. The summed E-state index contributed by atoms with van der Waals surface area (Å²) in [6.45, 7) is 0.752. The van der Waals surface area contributed by atoms with Gasteiger partial charge in [0.25, 0.3) is 0 Å². The molecule has 0 amide bonds. The highest BCUT2D eigenvalue weighted by molar-refractivity contribution is 6.31. The van der Waals surface area contributed by atoms with E-state index >= 15 is 0 Å². The van der Waals surface area contributed by atoms with Crippen molar-refractivity contribution in [3.63, 3.8) is 0 Å². The molecular formula is C20H23ClN2O2. The van der Waals surface area contributed by atoms with E-state index in [0.29, 0.717) is 11.4 Å². The molecule has 3 rings (SSSR count). The highest BCUT2D eigenvalue weighted by Crippen LogP contribution is 2.38. The fourth-order valence-corrected chi connectivity index (χ4v) is 3.80. The van der Waals surface area contributed by atoms with Crippen molar-refractivity contribution in [2.24, 2.45) is 0 Å². The summed E-state index contributed by atoms with van der Waals surface area (Å²) in [5, 5.41) is 10.3. The molecule has 2 unspecified atom stereocenters. The van der Waals surface area contributed by atoms with Gasteiger partial charge >= 0.3 is 5.97 Å². The van der Waals surface area contributed by atoms with Gasteiger partial charge in [0.2, 0.25) is 0 Å². The van der Waals surface area contributed by atoms with Crippen LogP contribution in [0.4, 0.5) is 5.69 Å². The van der Waals surface area contributed by atoms with Crippen molar-refractivity contribution in [2.45, 2.75) is 24.9 Å². The summed E-state index contributed by atoms with van der Waals surface area (Å²) < 4.78 is 0. The second-order valence-corrected chi connectivity index (χ2v) is 7.05. The predicted octanol–water partition coefficient (Wildman–Crippen LogP) is 4.04. The molecule has 1 heterocycles. The van der Waals surface area contributed by atoms with Gasteiger partial charge in [-0.3, -0.25) is 9.69 Å². The monoisotopic (exact) mass is 358 g/mol. The molecule has 132 valence electrons. The summed E-state index contributed by atoms with van der Waals surface area (Å²) in [5.74, 6) is -0.764. The number of hydrogen-bond acceptors (Lipinski definition) is 3. The number of benzene rings is 2. The molecule has 4 nitrogen and oxygen atoms in total. The van der Waals surface area contributed by atoms with Crippen molar-refractivity contribution in [1.82, 2.24) is 4.90 Å². The molecule has 2 atom stereocenters. The van der Waals surface area contributed by atoms with Gasteiger partial charge in [-0.2, -0.15) is 0 Å². The Balaban J connectivity index is 2.06. The Morgan fingerprint density at radius 3 is 2.48 bits per heavy atom. The van der Waals surface area contributed by atoms with E-state index in [1.807, 2.05) is 43.3 Å². The minimum Gasteiger partial charge on any atom is -0.480 e. The Labute approximate surface area is 153 Å². The summed E-state index contributed by atoms with van der Waals surface area (Å²) >= 11 is 6.47. The number of carboxylic acids is 1. The Bertz CT molecular complexity index is 746. The van der Waals surface area contributed by atoms with Crippen LogP contribution in [0.15, 0.2) is 48.5 Å². The van der Waals surface area contributed by atoms with Crippen LogP contribution in [0.3, 0.4) is 0 Å². The lowest BCUT2D eigenvalue weighted by Crippen LogP contribution is -2.39. The molecule has 0 aromatic heterocycles. The number of nitrogens with zero attached hydrogens (tertiary/aromatic N) is 2. The van der Waals surface area contributed by atoms with Crippen LogP contribution in [0.25, 0.3) is 0 Å². The Morgan fingerprint density at radius 2 is 1.88 bits per heavy atom. The summed E-state index contributed by atoms with van der Waals surface area (Å²) in [7, 11) is 4.00. The first kappa shape index (κ1) is 17.8. The van der Waals surface area contributed by atoms with Gasteiger partial charge in [-0.25, -0.2) is 0 Å². The van der Waals surface area contributed by atoms with Crippen LogP contribution in [0.2, 0.25) is 5.02 Å². The molecule has 5 heteroatoms. The lowest BCUT2D eigenvalue weighted by molar-refractivity contribution is -0.142. The summed E-state index contributed by atoms with van der Waals surface area (Å²) in [6, 6.07) is 15.3. The zero-order valence-electron chi connectivity index (χ0n) is 14.5. The number of likely N-dealkylation sites (tertiary alicyclic amines) is 1. The topological polar surface area (TPSA) is 43.8 Å². The first-order valence-electron chi connectivity index (χ1n) is 8.49. The quantitative estimate of drug-likeness (QED) is 0.875. The maximum Gasteiger partial charge on any atom is 0.320 e. The molecular weight excluding hydrogens is 336 g/mol. The molecule has 1 aliphatic heterocycles. The van der Waals surface area contributed by atoms with E-state index in [4.69, 9.17) is 11.6 Å². The van der Waals surface area contributed by atoms with Gasteiger partial charge in [-0.1, -0.05) is 41.9 Å². The molecule has 0 spiro atoms. The fraction of sp³-hybridized carbons (Fsp3) is 0.350. The lowest BCUT2D eigenvalue weighted by Gasteiger charge is -2.32. The lowest BCUT2D eigenvalue weighted by atomic mass is 9.96. The van der Waals surface area contributed by atoms with E-state index in [-0.39, 0.29) is 6.04 Å². The van der Waals surface area contributed by atoms with Gasteiger partial charge in [0.1, 0.15) is 6.04 Å². The number of anilines is 1. The molecule has 1 fully saturated rings. The third-order valence-corrected chi connectivity index (χ3v) is 5.18. The molecule has 1 saturated heterocycles. The van der Waals surface area contributed by atoms with Gasteiger partial charge in [0.05, 0.1) is 6.04 Å². The molecule has 0 saturated carbocycles. The summed E-state index contributed by atoms with van der Waals surface area (Å²) in [5.41, 5.74) is 3.12. The van der Waals surface area contributed by atoms with E-state index in [9.17, 15) is 9.90 Å². The van der Waals surface area contributed by atoms with Crippen LogP contribution in [-0.4, -0.2) is 42.7 Å². The van der Waals surface area contributed by atoms with Crippen LogP contribution in [0.5, 0.6) is 0 Å². The van der Waals surface area contributed by atoms with E-state index in [1.54, 1.807) is 0 Å². The highest BCUT2D eigenvalue weighted by Gasteiger charge is 2.37. The Kier molecular flexibility index (Phi) is 5.30. The van der Waals surface area contributed by atoms with E-state index in [1.165, 1.54) is 0 Å². The number of halogens is 1. The van der Waals surface area contributed by atoms with Gasteiger partial charge in [0, 0.05) is 31.4 Å². The largest absolute Gasteiger partial charge is 0.480 e. The molecule has 2 aromatic rings. The second-order valence-electron chi connectivity index (χ2n) is 6.64. The standard InChI is InChI=1S/C20H23ClN2O2/c1-22(2)15-11-9-14(10-12-15)19(16-6-3-4-7-17(16)21)23-13-5-8-18(23)20(24)25/h3-4,6-7,9-12,18-19H,5,8,13H2,1-2H3,(H,24,25). The average Bonchev–Trinajstić information content (AvgIpc) is 3.07. The number of hydrogen-bond donors (Lipinski definition) is 1. The van der Waals surface area contributed by atoms with Crippen molar-refractivity contribution in [3.8, 4) is 0 Å². The Hall–Kier alpha value is -2.04. The first-order valence-corrected chi connectivity index (χ1v) is 8.87. The van der Waals surface area contributed by atoms with Crippen molar-refractivity contribution in [3.05, 3.63) is 64.7 Å². The molecule has 0 radical (unpaired) electrons. The van der Waals surface area contributed by atoms with Crippen LogP contribution in [-0.2, 0) is 4.79 Å². The molecule has 25 heavy (non-hydrogen) atoms. The highest BCUT2D eigenvalue weighted by atomic mass is 35.5.